The molecule has 11 heteroatoms. The first-order valence-corrected chi connectivity index (χ1v) is 14.3. The number of nitrogens with zero attached hydrogens (tertiary/aromatic N) is 1. The second kappa shape index (κ2) is 14.9. The number of methoxy groups -OCH3 is 1. The average molecular weight is 598 g/mol. The number of phenolic OH excluding ortho intramolecular Hbond substituents is 1. The molecule has 5 N–H and O–H groups in total. The van der Waals surface area contributed by atoms with Crippen molar-refractivity contribution >= 4 is 29.3 Å². The number of ether oxygens (including phenoxy) is 3. The minimum atomic E-state index is -0.971. The molecule has 2 aliphatic rings. The van der Waals surface area contributed by atoms with Crippen molar-refractivity contribution < 1.29 is 38.8 Å². The Kier molecular flexibility index (Phi) is 11.6. The van der Waals surface area contributed by atoms with Gasteiger partial charge in [0.25, 0.3) is 11.8 Å². The third kappa shape index (κ3) is 8.26. The molecule has 3 rings (SSSR count). The summed E-state index contributed by atoms with van der Waals surface area (Å²) < 4.78 is 16.7. The molecular weight excluding hydrogens is 554 g/mol. The standard InChI is InChI=1S/C32H43N3O8/c1-7-13-35-27(37)17-42-26-16-23-29(38)22(28(26)35)14-18(2)11-12-24(36)20(4)15-21(5)30(43-32(33)40)25(41-6)10-8-9-19(3)31(39)34-23/h7-10,15-16,18,20,24-25,30,36,38H,1,11-14,17H2,2-6H3,(H2,33,40)(H,34,39)/b10-8-,19-9+,21-15+/t18-,20-,24-,25-,30-/m0/s1. The highest BCUT2D eigenvalue weighted by atomic mass is 16.6. The second-order valence-corrected chi connectivity index (χ2v) is 11.2. The summed E-state index contributed by atoms with van der Waals surface area (Å²) in [7, 11) is 1.46. The van der Waals surface area contributed by atoms with E-state index in [-0.39, 0.29) is 42.3 Å². The molecule has 0 fully saturated rings. The van der Waals surface area contributed by atoms with Crippen molar-refractivity contribution in [2.24, 2.45) is 17.6 Å². The monoisotopic (exact) mass is 597 g/mol. The number of amides is 3. The van der Waals surface area contributed by atoms with Gasteiger partial charge >= 0.3 is 6.09 Å². The van der Waals surface area contributed by atoms with E-state index in [2.05, 4.69) is 11.9 Å². The van der Waals surface area contributed by atoms with Crippen LogP contribution in [0.2, 0.25) is 0 Å². The van der Waals surface area contributed by atoms with Crippen molar-refractivity contribution in [2.45, 2.75) is 65.3 Å². The minimum Gasteiger partial charge on any atom is -0.505 e. The Labute approximate surface area is 252 Å². The molecule has 3 amide bonds. The number of aromatic hydroxyl groups is 1. The predicted molar refractivity (Wildman–Crippen MR) is 164 cm³/mol. The van der Waals surface area contributed by atoms with Gasteiger partial charge in [-0.05, 0) is 44.6 Å². The molecule has 0 aliphatic carbocycles. The van der Waals surface area contributed by atoms with E-state index in [0.29, 0.717) is 47.4 Å². The minimum absolute atomic E-state index is 0.0350. The number of nitrogens with one attached hydrogen (secondary N) is 1. The van der Waals surface area contributed by atoms with Crippen molar-refractivity contribution in [3.05, 3.63) is 59.7 Å². The molecule has 5 atom stereocenters. The lowest BCUT2D eigenvalue weighted by atomic mass is 9.89. The van der Waals surface area contributed by atoms with Gasteiger partial charge in [-0.15, -0.1) is 6.58 Å². The van der Waals surface area contributed by atoms with Crippen LogP contribution in [-0.2, 0) is 25.5 Å². The molecule has 0 spiro atoms. The number of anilines is 2. The maximum Gasteiger partial charge on any atom is 0.405 e. The van der Waals surface area contributed by atoms with Gasteiger partial charge in [0.15, 0.2) is 12.7 Å². The highest BCUT2D eigenvalue weighted by molar-refractivity contribution is 6.06. The van der Waals surface area contributed by atoms with E-state index in [1.807, 2.05) is 19.9 Å². The quantitative estimate of drug-likeness (QED) is 0.298. The number of phenols is 1. The van der Waals surface area contributed by atoms with Gasteiger partial charge in [-0.25, -0.2) is 4.79 Å². The topological polar surface area (TPSA) is 161 Å². The predicted octanol–water partition coefficient (Wildman–Crippen LogP) is 4.14. The van der Waals surface area contributed by atoms with Crippen LogP contribution < -0.4 is 20.7 Å². The second-order valence-electron chi connectivity index (χ2n) is 11.2. The third-order valence-electron chi connectivity index (χ3n) is 7.73. The number of hydrogen-bond acceptors (Lipinski definition) is 8. The summed E-state index contributed by atoms with van der Waals surface area (Å²) in [5, 5.41) is 25.2. The lowest BCUT2D eigenvalue weighted by Gasteiger charge is -2.32. The zero-order chi connectivity index (χ0) is 31.8. The van der Waals surface area contributed by atoms with Gasteiger partial charge in [-0.1, -0.05) is 44.2 Å². The molecule has 0 unspecified atom stereocenters. The number of aliphatic hydroxyl groups excluding tert-OH is 1. The normalized spacial score (nSPS) is 28.7. The van der Waals surface area contributed by atoms with E-state index >= 15 is 0 Å². The summed E-state index contributed by atoms with van der Waals surface area (Å²) in [6, 6.07) is 1.51. The number of aliphatic hydroxyl groups is 1. The molecule has 0 saturated carbocycles. The number of carbonyl (C=O) groups excluding carboxylic acids is 3. The number of nitrogens with two attached hydrogens (primary N) is 1. The lowest BCUT2D eigenvalue weighted by molar-refractivity contribution is -0.121. The van der Waals surface area contributed by atoms with Crippen molar-refractivity contribution in [3.8, 4) is 11.5 Å². The SMILES string of the molecule is C=CCN1C(=O)COc2cc3c(O)c(c21)C[C@@H](C)CC[C@H](O)[C@@H](C)/C=C(\C)[C@H](OC(N)=O)[C@@H](OC)/C=C\C=C(/C)C(=O)N3. The van der Waals surface area contributed by atoms with Gasteiger partial charge in [-0.2, -0.15) is 0 Å². The van der Waals surface area contributed by atoms with E-state index in [1.165, 1.54) is 18.1 Å². The average Bonchev–Trinajstić information content (AvgIpc) is 2.95. The van der Waals surface area contributed by atoms with Crippen LogP contribution in [0.4, 0.5) is 16.2 Å². The van der Waals surface area contributed by atoms with Crippen LogP contribution in [0.5, 0.6) is 11.5 Å². The maximum absolute atomic E-state index is 13.2. The maximum atomic E-state index is 13.2. The highest BCUT2D eigenvalue weighted by Gasteiger charge is 2.32. The van der Waals surface area contributed by atoms with Crippen LogP contribution in [0.3, 0.4) is 0 Å². The summed E-state index contributed by atoms with van der Waals surface area (Å²) in [5.74, 6) is -0.871. The summed E-state index contributed by atoms with van der Waals surface area (Å²) >= 11 is 0. The summed E-state index contributed by atoms with van der Waals surface area (Å²) in [5.41, 5.74) is 7.35. The molecule has 0 aromatic heterocycles. The Morgan fingerprint density at radius 3 is 2.65 bits per heavy atom. The largest absolute Gasteiger partial charge is 0.505 e. The number of benzene rings is 1. The van der Waals surface area contributed by atoms with Crippen molar-refractivity contribution in [3.63, 3.8) is 0 Å². The number of carbonyl (C=O) groups is 3. The van der Waals surface area contributed by atoms with Gasteiger partial charge in [0.1, 0.15) is 17.6 Å². The summed E-state index contributed by atoms with van der Waals surface area (Å²) in [4.78, 5) is 39.1. The first-order chi connectivity index (χ1) is 20.4. The highest BCUT2D eigenvalue weighted by Crippen LogP contribution is 2.46. The zero-order valence-electron chi connectivity index (χ0n) is 25.5. The molecule has 234 valence electrons. The smallest absolute Gasteiger partial charge is 0.405 e. The van der Waals surface area contributed by atoms with Crippen molar-refractivity contribution in [2.75, 3.05) is 30.5 Å². The number of allylic oxidation sites excluding steroid dienone is 2. The van der Waals surface area contributed by atoms with Crippen molar-refractivity contribution in [1.82, 2.24) is 0 Å². The molecule has 1 aromatic carbocycles. The van der Waals surface area contributed by atoms with E-state index in [4.69, 9.17) is 19.9 Å². The van der Waals surface area contributed by atoms with Gasteiger partial charge in [-0.3, -0.25) is 9.59 Å². The molecule has 2 heterocycles. The van der Waals surface area contributed by atoms with Crippen molar-refractivity contribution in [1.29, 1.82) is 0 Å². The number of primary amides is 1. The van der Waals surface area contributed by atoms with E-state index in [9.17, 15) is 24.6 Å². The van der Waals surface area contributed by atoms with Gasteiger partial charge in [0.2, 0.25) is 0 Å². The Hall–Kier alpha value is -4.09. The molecule has 0 radical (unpaired) electrons. The Balaban J connectivity index is 2.11. The van der Waals surface area contributed by atoms with Crippen LogP contribution in [0, 0.1) is 11.8 Å². The van der Waals surface area contributed by atoms with E-state index in [0.717, 1.165) is 0 Å². The Morgan fingerprint density at radius 1 is 1.28 bits per heavy atom. The van der Waals surface area contributed by atoms with Crippen LogP contribution in [0.25, 0.3) is 0 Å². The lowest BCUT2D eigenvalue weighted by Crippen LogP contribution is -2.39. The molecular formula is C32H43N3O8. The number of fused-ring (bicyclic) bond motifs is 4. The van der Waals surface area contributed by atoms with Crippen LogP contribution in [0.15, 0.2) is 54.2 Å². The fourth-order valence-corrected chi connectivity index (χ4v) is 5.29. The fourth-order valence-electron chi connectivity index (χ4n) is 5.29. The molecule has 2 bridgehead atoms. The fraction of sp³-hybridized carbons (Fsp3) is 0.469. The molecule has 1 aromatic rings. The third-order valence-corrected chi connectivity index (χ3v) is 7.73. The van der Waals surface area contributed by atoms with Crippen LogP contribution in [0.1, 0.15) is 46.1 Å². The first-order valence-electron chi connectivity index (χ1n) is 14.3. The van der Waals surface area contributed by atoms with Gasteiger partial charge in [0.05, 0.1) is 17.5 Å². The van der Waals surface area contributed by atoms with Crippen LogP contribution in [-0.4, -0.2) is 66.7 Å². The first kappa shape index (κ1) is 33.4. The van der Waals surface area contributed by atoms with Gasteiger partial charge in [0, 0.05) is 36.8 Å². The van der Waals surface area contributed by atoms with Gasteiger partial charge < -0.3 is 40.4 Å². The molecule has 0 saturated heterocycles. The van der Waals surface area contributed by atoms with E-state index < -0.39 is 30.3 Å². The Morgan fingerprint density at radius 2 is 2.00 bits per heavy atom. The zero-order valence-corrected chi connectivity index (χ0v) is 25.5. The van der Waals surface area contributed by atoms with Crippen LogP contribution >= 0.6 is 0 Å². The molecule has 11 nitrogen and oxygen atoms in total. The molecule has 43 heavy (non-hydrogen) atoms. The summed E-state index contributed by atoms with van der Waals surface area (Å²) in [6.45, 7) is 11.0. The number of rotatable bonds is 4. The Bertz CT molecular complexity index is 1320. The van der Waals surface area contributed by atoms with E-state index in [1.54, 1.807) is 38.2 Å². The molecule has 2 aliphatic heterocycles. The summed E-state index contributed by atoms with van der Waals surface area (Å²) in [6.07, 6.45) is 6.31. The number of hydrogen-bond donors (Lipinski definition) is 4.